The van der Waals surface area contributed by atoms with E-state index in [0.717, 1.165) is 28.3 Å². The number of hydrogen-bond donors (Lipinski definition) is 3. The molecule has 0 saturated carbocycles. The van der Waals surface area contributed by atoms with Gasteiger partial charge < -0.3 is 15.5 Å². The van der Waals surface area contributed by atoms with E-state index in [1.807, 2.05) is 32.0 Å². The minimum absolute atomic E-state index is 0.0146. The summed E-state index contributed by atoms with van der Waals surface area (Å²) in [6.07, 6.45) is 0. The molecule has 1 aromatic carbocycles. The van der Waals surface area contributed by atoms with Crippen molar-refractivity contribution in [3.05, 3.63) is 29.3 Å². The number of aryl methyl sites for hydroxylation is 2. The van der Waals surface area contributed by atoms with Crippen molar-refractivity contribution in [3.8, 4) is 0 Å². The van der Waals surface area contributed by atoms with E-state index in [9.17, 15) is 9.59 Å². The lowest BCUT2D eigenvalue weighted by Crippen LogP contribution is -3.16. The second-order valence-corrected chi connectivity index (χ2v) is 5.07. The molecule has 2 rings (SSSR count). The highest BCUT2D eigenvalue weighted by molar-refractivity contribution is 5.92. The number of quaternary nitrogens is 1. The van der Waals surface area contributed by atoms with Gasteiger partial charge in [0.1, 0.15) is 0 Å². The highest BCUT2D eigenvalue weighted by Gasteiger charge is 2.22. The van der Waals surface area contributed by atoms with Crippen molar-refractivity contribution in [2.24, 2.45) is 0 Å². The Morgan fingerprint density at radius 3 is 2.95 bits per heavy atom. The van der Waals surface area contributed by atoms with E-state index in [1.54, 1.807) is 0 Å². The van der Waals surface area contributed by atoms with Crippen molar-refractivity contribution in [2.75, 3.05) is 31.5 Å². The van der Waals surface area contributed by atoms with E-state index in [-0.39, 0.29) is 11.8 Å². The first kappa shape index (κ1) is 13.5. The Hall–Kier alpha value is -1.88. The molecule has 1 saturated heterocycles. The molecule has 1 aliphatic heterocycles. The molecular formula is C14H20N3O2+. The number of benzene rings is 1. The Balaban J connectivity index is 1.93. The maximum atomic E-state index is 12.0. The highest BCUT2D eigenvalue weighted by Crippen LogP contribution is 2.15. The highest BCUT2D eigenvalue weighted by atomic mass is 16.2. The second-order valence-electron chi connectivity index (χ2n) is 5.07. The number of hydrogen-bond acceptors (Lipinski definition) is 2. The van der Waals surface area contributed by atoms with Crippen LogP contribution in [0.25, 0.3) is 0 Å². The Bertz CT molecular complexity index is 499. The molecule has 3 N–H and O–H groups in total. The van der Waals surface area contributed by atoms with E-state index >= 15 is 0 Å². The molecule has 1 atom stereocenters. The van der Waals surface area contributed by atoms with Crippen LogP contribution in [-0.4, -0.2) is 38.0 Å². The maximum Gasteiger partial charge on any atom is 0.279 e. The van der Waals surface area contributed by atoms with Crippen LogP contribution in [0.2, 0.25) is 0 Å². The first-order chi connectivity index (χ1) is 9.04. The fourth-order valence-corrected chi connectivity index (χ4v) is 2.20. The first-order valence-corrected chi connectivity index (χ1v) is 6.52. The molecule has 1 heterocycles. The number of anilines is 1. The van der Waals surface area contributed by atoms with Gasteiger partial charge in [0.05, 0.1) is 13.1 Å². The van der Waals surface area contributed by atoms with E-state index in [0.29, 0.717) is 19.6 Å². The van der Waals surface area contributed by atoms with Crippen LogP contribution in [0.15, 0.2) is 18.2 Å². The van der Waals surface area contributed by atoms with Gasteiger partial charge in [-0.25, -0.2) is 0 Å². The van der Waals surface area contributed by atoms with Gasteiger partial charge in [-0.2, -0.15) is 0 Å². The lowest BCUT2D eigenvalue weighted by molar-refractivity contribution is -0.885. The zero-order chi connectivity index (χ0) is 13.8. The molecule has 0 aromatic heterocycles. The van der Waals surface area contributed by atoms with Crippen LogP contribution in [0.5, 0.6) is 0 Å². The fraction of sp³-hybridized carbons (Fsp3) is 0.429. The minimum atomic E-state index is -0.0431. The van der Waals surface area contributed by atoms with Gasteiger partial charge in [-0.15, -0.1) is 0 Å². The molecular weight excluding hydrogens is 242 g/mol. The van der Waals surface area contributed by atoms with Crippen LogP contribution in [0, 0.1) is 13.8 Å². The monoisotopic (exact) mass is 262 g/mol. The third kappa shape index (κ3) is 3.79. The third-order valence-corrected chi connectivity index (χ3v) is 3.29. The third-order valence-electron chi connectivity index (χ3n) is 3.29. The number of piperazine rings is 1. The Kier molecular flexibility index (Phi) is 4.16. The molecule has 0 spiro atoms. The lowest BCUT2D eigenvalue weighted by Gasteiger charge is -2.23. The molecule has 5 nitrogen and oxygen atoms in total. The van der Waals surface area contributed by atoms with Gasteiger partial charge in [0, 0.05) is 5.69 Å². The number of amides is 2. The largest absolute Gasteiger partial charge is 0.346 e. The molecule has 1 aromatic rings. The minimum Gasteiger partial charge on any atom is -0.346 e. The van der Waals surface area contributed by atoms with Crippen LogP contribution in [0.4, 0.5) is 5.69 Å². The summed E-state index contributed by atoms with van der Waals surface area (Å²) in [6, 6.07) is 5.98. The van der Waals surface area contributed by atoms with Gasteiger partial charge >= 0.3 is 0 Å². The summed E-state index contributed by atoms with van der Waals surface area (Å²) in [5, 5.41) is 5.68. The Labute approximate surface area is 113 Å². The van der Waals surface area contributed by atoms with Crippen LogP contribution in [0.1, 0.15) is 11.1 Å². The zero-order valence-corrected chi connectivity index (χ0v) is 11.4. The van der Waals surface area contributed by atoms with Crippen LogP contribution in [0.3, 0.4) is 0 Å². The summed E-state index contributed by atoms with van der Waals surface area (Å²) in [5.74, 6) is -0.0285. The molecule has 1 unspecified atom stereocenters. The van der Waals surface area contributed by atoms with Gasteiger partial charge in [0.25, 0.3) is 11.8 Å². The van der Waals surface area contributed by atoms with Crippen molar-refractivity contribution < 1.29 is 14.5 Å². The Morgan fingerprint density at radius 1 is 1.42 bits per heavy atom. The summed E-state index contributed by atoms with van der Waals surface area (Å²) in [7, 11) is 0. The average molecular weight is 262 g/mol. The molecule has 0 radical (unpaired) electrons. The first-order valence-electron chi connectivity index (χ1n) is 6.52. The van der Waals surface area contributed by atoms with Gasteiger partial charge in [-0.1, -0.05) is 12.1 Å². The molecule has 5 heteroatoms. The van der Waals surface area contributed by atoms with Crippen molar-refractivity contribution in [1.29, 1.82) is 0 Å². The van der Waals surface area contributed by atoms with Gasteiger partial charge in [0.15, 0.2) is 13.1 Å². The summed E-state index contributed by atoms with van der Waals surface area (Å²) in [5.41, 5.74) is 3.02. The molecule has 0 bridgehead atoms. The summed E-state index contributed by atoms with van der Waals surface area (Å²) in [4.78, 5) is 24.2. The van der Waals surface area contributed by atoms with E-state index in [2.05, 4.69) is 10.6 Å². The van der Waals surface area contributed by atoms with Gasteiger partial charge in [-0.05, 0) is 31.0 Å². The quantitative estimate of drug-likeness (QED) is 0.671. The topological polar surface area (TPSA) is 62.6 Å². The fourth-order valence-electron chi connectivity index (χ4n) is 2.20. The number of carbonyl (C=O) groups is 2. The Morgan fingerprint density at radius 2 is 2.21 bits per heavy atom. The van der Waals surface area contributed by atoms with E-state index in [4.69, 9.17) is 0 Å². The van der Waals surface area contributed by atoms with Crippen molar-refractivity contribution in [3.63, 3.8) is 0 Å². The second kappa shape index (κ2) is 5.84. The lowest BCUT2D eigenvalue weighted by atomic mass is 10.1. The van der Waals surface area contributed by atoms with Gasteiger partial charge in [-0.3, -0.25) is 9.59 Å². The molecule has 1 fully saturated rings. The van der Waals surface area contributed by atoms with E-state index < -0.39 is 0 Å². The van der Waals surface area contributed by atoms with E-state index in [1.165, 1.54) is 0 Å². The number of carbonyl (C=O) groups excluding carboxylic acids is 2. The van der Waals surface area contributed by atoms with Gasteiger partial charge in [0.2, 0.25) is 0 Å². The summed E-state index contributed by atoms with van der Waals surface area (Å²) in [6.45, 7) is 6.11. The predicted molar refractivity (Wildman–Crippen MR) is 73.1 cm³/mol. The SMILES string of the molecule is Cc1ccc(C)c(NC(=O)C[NH+]2CCNC(=O)C2)c1. The van der Waals surface area contributed by atoms with Crippen molar-refractivity contribution >= 4 is 17.5 Å². The summed E-state index contributed by atoms with van der Waals surface area (Å²) >= 11 is 0. The van der Waals surface area contributed by atoms with Crippen LogP contribution < -0.4 is 15.5 Å². The molecule has 19 heavy (non-hydrogen) atoms. The van der Waals surface area contributed by atoms with Crippen LogP contribution in [-0.2, 0) is 9.59 Å². The number of nitrogens with one attached hydrogen (secondary N) is 3. The molecule has 0 aliphatic carbocycles. The molecule has 2 amide bonds. The molecule has 1 aliphatic rings. The van der Waals surface area contributed by atoms with Crippen molar-refractivity contribution in [1.82, 2.24) is 5.32 Å². The normalized spacial score (nSPS) is 18.8. The number of rotatable bonds is 3. The zero-order valence-electron chi connectivity index (χ0n) is 11.4. The smallest absolute Gasteiger partial charge is 0.279 e. The molecule has 102 valence electrons. The average Bonchev–Trinajstić information content (AvgIpc) is 2.34. The van der Waals surface area contributed by atoms with Crippen molar-refractivity contribution in [2.45, 2.75) is 13.8 Å². The maximum absolute atomic E-state index is 12.0. The summed E-state index contributed by atoms with van der Waals surface area (Å²) < 4.78 is 0. The van der Waals surface area contributed by atoms with Crippen LogP contribution >= 0.6 is 0 Å². The standard InChI is InChI=1S/C14H19N3O2/c1-10-3-4-11(2)12(7-10)16-14(19)9-17-6-5-15-13(18)8-17/h3-4,7H,5-6,8-9H2,1-2H3,(H,15,18)(H,16,19)/p+1. The predicted octanol–water partition coefficient (Wildman–Crippen LogP) is -0.743.